The Labute approximate surface area is 166 Å². The van der Waals surface area contributed by atoms with Gasteiger partial charge in [-0.1, -0.05) is 24.3 Å². The lowest BCUT2D eigenvalue weighted by molar-refractivity contribution is 0.131. The van der Waals surface area contributed by atoms with Gasteiger partial charge >= 0.3 is 6.09 Å². The minimum atomic E-state index is -3.52. The number of amides is 1. The Bertz CT molecular complexity index is 921. The van der Waals surface area contributed by atoms with Crippen molar-refractivity contribution in [1.29, 1.82) is 0 Å². The third-order valence-corrected chi connectivity index (χ3v) is 6.59. The normalized spacial score (nSPS) is 15.4. The van der Waals surface area contributed by atoms with Crippen molar-refractivity contribution in [3.8, 4) is 5.75 Å². The molecule has 1 amide bonds. The molecule has 1 aliphatic heterocycles. The molecule has 1 fully saturated rings. The maximum Gasteiger partial charge on any atom is 0.415 e. The van der Waals surface area contributed by atoms with Gasteiger partial charge in [-0.05, 0) is 68.0 Å². The third kappa shape index (κ3) is 5.11. The number of rotatable bonds is 5. The Hall–Kier alpha value is -2.38. The number of ether oxygens (including phenoxy) is 1. The van der Waals surface area contributed by atoms with Crippen LogP contribution in [0.5, 0.6) is 5.75 Å². The van der Waals surface area contributed by atoms with E-state index in [4.69, 9.17) is 4.74 Å². The summed E-state index contributed by atoms with van der Waals surface area (Å²) in [7, 11) is -3.52. The van der Waals surface area contributed by atoms with Crippen LogP contribution < -0.4 is 9.46 Å². The molecule has 0 aliphatic carbocycles. The number of carbonyl (C=O) groups excluding carboxylic acids is 1. The van der Waals surface area contributed by atoms with Crippen LogP contribution in [0, 0.1) is 19.8 Å². The molecule has 1 heterocycles. The molecule has 150 valence electrons. The molecule has 0 saturated carbocycles. The largest absolute Gasteiger partial charge is 0.415 e. The van der Waals surface area contributed by atoms with Gasteiger partial charge < -0.3 is 9.64 Å². The lowest BCUT2D eigenvalue weighted by Gasteiger charge is -2.31. The van der Waals surface area contributed by atoms with Gasteiger partial charge in [-0.25, -0.2) is 17.9 Å². The first-order valence-corrected chi connectivity index (χ1v) is 10.9. The molecular formula is C21H26N2O4S. The molecule has 0 spiro atoms. The number of hydrogen-bond donors (Lipinski definition) is 1. The van der Waals surface area contributed by atoms with Gasteiger partial charge in [0.25, 0.3) is 0 Å². The van der Waals surface area contributed by atoms with E-state index < -0.39 is 10.0 Å². The first-order valence-electron chi connectivity index (χ1n) is 9.44. The highest BCUT2D eigenvalue weighted by molar-refractivity contribution is 7.89. The van der Waals surface area contributed by atoms with Gasteiger partial charge in [0.05, 0.1) is 4.90 Å². The van der Waals surface area contributed by atoms with Crippen LogP contribution in [0.15, 0.2) is 53.4 Å². The van der Waals surface area contributed by atoms with Gasteiger partial charge in [-0.3, -0.25) is 0 Å². The fraction of sp³-hybridized carbons (Fsp3) is 0.381. The molecule has 1 aliphatic rings. The summed E-state index contributed by atoms with van der Waals surface area (Å²) >= 11 is 0. The SMILES string of the molecule is Cc1ccc(S(=O)(=O)NCC2CCN(C(=O)Oc3ccccc3)CC2)cc1C. The molecule has 0 aromatic heterocycles. The van der Waals surface area contributed by atoms with Crippen molar-refractivity contribution >= 4 is 16.1 Å². The average Bonchev–Trinajstić information content (AvgIpc) is 2.69. The van der Waals surface area contributed by atoms with Gasteiger partial charge in [0.15, 0.2) is 0 Å². The molecule has 0 bridgehead atoms. The van der Waals surface area contributed by atoms with Crippen LogP contribution in [0.2, 0.25) is 0 Å². The van der Waals surface area contributed by atoms with E-state index in [-0.39, 0.29) is 12.0 Å². The summed E-state index contributed by atoms with van der Waals surface area (Å²) in [6.45, 7) is 5.34. The van der Waals surface area contributed by atoms with Crippen molar-refractivity contribution in [3.63, 3.8) is 0 Å². The molecule has 0 radical (unpaired) electrons. The molecule has 7 heteroatoms. The first kappa shape index (κ1) is 20.4. The average molecular weight is 403 g/mol. The summed E-state index contributed by atoms with van der Waals surface area (Å²) in [4.78, 5) is 14.2. The smallest absolute Gasteiger partial charge is 0.410 e. The highest BCUT2D eigenvalue weighted by atomic mass is 32.2. The van der Waals surface area contributed by atoms with Crippen molar-refractivity contribution in [3.05, 3.63) is 59.7 Å². The molecule has 0 atom stereocenters. The van der Waals surface area contributed by atoms with E-state index >= 15 is 0 Å². The number of nitrogens with zero attached hydrogens (tertiary/aromatic N) is 1. The van der Waals surface area contributed by atoms with Crippen LogP contribution in [0.3, 0.4) is 0 Å². The summed E-state index contributed by atoms with van der Waals surface area (Å²) < 4.78 is 33.1. The molecule has 3 rings (SSSR count). The Morgan fingerprint density at radius 1 is 1.07 bits per heavy atom. The van der Waals surface area contributed by atoms with E-state index in [9.17, 15) is 13.2 Å². The van der Waals surface area contributed by atoms with E-state index in [1.807, 2.05) is 38.1 Å². The predicted molar refractivity (Wildman–Crippen MR) is 108 cm³/mol. The summed E-state index contributed by atoms with van der Waals surface area (Å²) in [6, 6.07) is 14.1. The van der Waals surface area contributed by atoms with Crippen LogP contribution in [0.25, 0.3) is 0 Å². The van der Waals surface area contributed by atoms with Crippen molar-refractivity contribution in [1.82, 2.24) is 9.62 Å². The number of para-hydroxylation sites is 1. The number of likely N-dealkylation sites (tertiary alicyclic amines) is 1. The van der Waals surface area contributed by atoms with Crippen LogP contribution in [0.1, 0.15) is 24.0 Å². The Morgan fingerprint density at radius 3 is 2.39 bits per heavy atom. The van der Waals surface area contributed by atoms with Crippen LogP contribution in [-0.4, -0.2) is 39.0 Å². The first-order chi connectivity index (χ1) is 13.3. The van der Waals surface area contributed by atoms with E-state index in [0.29, 0.717) is 30.3 Å². The van der Waals surface area contributed by atoms with Crippen molar-refractivity contribution in [2.75, 3.05) is 19.6 Å². The molecule has 1 N–H and O–H groups in total. The lowest BCUT2D eigenvalue weighted by atomic mass is 9.97. The summed E-state index contributed by atoms with van der Waals surface area (Å²) in [5.41, 5.74) is 2.02. The van der Waals surface area contributed by atoms with E-state index in [1.165, 1.54) is 0 Å². The maximum atomic E-state index is 12.5. The van der Waals surface area contributed by atoms with Gasteiger partial charge in [0.1, 0.15) is 5.75 Å². The fourth-order valence-corrected chi connectivity index (χ4v) is 4.37. The third-order valence-electron chi connectivity index (χ3n) is 5.17. The lowest BCUT2D eigenvalue weighted by Crippen LogP contribution is -2.42. The van der Waals surface area contributed by atoms with Crippen molar-refractivity contribution in [2.45, 2.75) is 31.6 Å². The Morgan fingerprint density at radius 2 is 1.75 bits per heavy atom. The quantitative estimate of drug-likeness (QED) is 0.831. The molecule has 0 unspecified atom stereocenters. The fourth-order valence-electron chi connectivity index (χ4n) is 3.17. The zero-order valence-corrected chi connectivity index (χ0v) is 17.0. The second-order valence-corrected chi connectivity index (χ2v) is 8.98. The van der Waals surface area contributed by atoms with E-state index in [1.54, 1.807) is 29.2 Å². The van der Waals surface area contributed by atoms with Crippen LogP contribution in [0.4, 0.5) is 4.79 Å². The number of piperidine rings is 1. The molecule has 1 saturated heterocycles. The minimum absolute atomic E-state index is 0.196. The Kier molecular flexibility index (Phi) is 6.36. The number of aryl methyl sites for hydroxylation is 2. The maximum absolute atomic E-state index is 12.5. The molecule has 28 heavy (non-hydrogen) atoms. The number of sulfonamides is 1. The zero-order valence-electron chi connectivity index (χ0n) is 16.2. The summed E-state index contributed by atoms with van der Waals surface area (Å²) in [5, 5.41) is 0. The Balaban J connectivity index is 1.49. The summed E-state index contributed by atoms with van der Waals surface area (Å²) in [5.74, 6) is 0.720. The monoisotopic (exact) mass is 402 g/mol. The molecule has 2 aromatic carbocycles. The number of carbonyl (C=O) groups is 1. The van der Waals surface area contributed by atoms with Gasteiger partial charge in [0.2, 0.25) is 10.0 Å². The van der Waals surface area contributed by atoms with Gasteiger partial charge in [-0.15, -0.1) is 0 Å². The van der Waals surface area contributed by atoms with Crippen LogP contribution in [-0.2, 0) is 10.0 Å². The molecular weight excluding hydrogens is 376 g/mol. The van der Waals surface area contributed by atoms with Crippen LogP contribution >= 0.6 is 0 Å². The van der Waals surface area contributed by atoms with Gasteiger partial charge in [0, 0.05) is 19.6 Å². The van der Waals surface area contributed by atoms with Crippen molar-refractivity contribution < 1.29 is 17.9 Å². The molecule has 2 aromatic rings. The van der Waals surface area contributed by atoms with Gasteiger partial charge in [-0.2, -0.15) is 0 Å². The number of benzene rings is 2. The zero-order chi connectivity index (χ0) is 20.1. The summed E-state index contributed by atoms with van der Waals surface area (Å²) in [6.07, 6.45) is 1.11. The second-order valence-electron chi connectivity index (χ2n) is 7.21. The molecule has 6 nitrogen and oxygen atoms in total. The van der Waals surface area contributed by atoms with E-state index in [2.05, 4.69) is 4.72 Å². The predicted octanol–water partition coefficient (Wildman–Crippen LogP) is 3.49. The van der Waals surface area contributed by atoms with Crippen molar-refractivity contribution in [2.24, 2.45) is 5.92 Å². The second kappa shape index (κ2) is 8.75. The highest BCUT2D eigenvalue weighted by Gasteiger charge is 2.25. The number of hydrogen-bond acceptors (Lipinski definition) is 4. The highest BCUT2D eigenvalue weighted by Crippen LogP contribution is 2.20. The minimum Gasteiger partial charge on any atom is -0.410 e. The number of nitrogens with one attached hydrogen (secondary N) is 1. The topological polar surface area (TPSA) is 75.7 Å². The standard InChI is InChI=1S/C21H26N2O4S/c1-16-8-9-20(14-17(16)2)28(25,26)22-15-18-10-12-23(13-11-18)21(24)27-19-6-4-3-5-7-19/h3-9,14,18,22H,10-13,15H2,1-2H3. The van der Waals surface area contributed by atoms with E-state index in [0.717, 1.165) is 24.0 Å².